The van der Waals surface area contributed by atoms with Crippen molar-refractivity contribution in [2.45, 2.75) is 32.2 Å². The minimum atomic E-state index is -1.08. The Balaban J connectivity index is 2.13. The van der Waals surface area contributed by atoms with Crippen molar-refractivity contribution in [1.82, 2.24) is 4.90 Å². The van der Waals surface area contributed by atoms with Gasteiger partial charge in [0.25, 0.3) is 11.7 Å². The van der Waals surface area contributed by atoms with Crippen LogP contribution in [0.3, 0.4) is 0 Å². The molecule has 0 radical (unpaired) electrons. The molecule has 6 nitrogen and oxygen atoms in total. The number of amides is 1. The molecular formula is C23H22ClNO5. The summed E-state index contributed by atoms with van der Waals surface area (Å²) >= 11 is 5.90. The lowest BCUT2D eigenvalue weighted by Crippen LogP contribution is -2.31. The number of hydrogen-bond donors (Lipinski definition) is 2. The molecule has 0 bridgehead atoms. The Morgan fingerprint density at radius 3 is 2.17 bits per heavy atom. The first-order valence-corrected chi connectivity index (χ1v) is 9.94. The molecule has 7 heteroatoms. The van der Waals surface area contributed by atoms with Crippen molar-refractivity contribution in [3.8, 4) is 0 Å². The van der Waals surface area contributed by atoms with E-state index in [2.05, 4.69) is 13.8 Å². The molecule has 1 fully saturated rings. The molecule has 1 unspecified atom stereocenters. The number of Topliss-reactive ketones (excluding diaryl/α,β-unsaturated/α-hetero) is 1. The van der Waals surface area contributed by atoms with Crippen molar-refractivity contribution in [3.63, 3.8) is 0 Å². The number of nitrogens with zero attached hydrogens (tertiary/aromatic N) is 1. The molecule has 2 aromatic carbocycles. The van der Waals surface area contributed by atoms with Crippen molar-refractivity contribution in [1.29, 1.82) is 0 Å². The summed E-state index contributed by atoms with van der Waals surface area (Å²) in [5.41, 5.74) is 1.99. The van der Waals surface area contributed by atoms with E-state index < -0.39 is 23.7 Å². The number of rotatable bonds is 6. The molecule has 1 amide bonds. The molecule has 0 aromatic heterocycles. The molecule has 2 N–H and O–H groups in total. The minimum absolute atomic E-state index is 0.0648. The van der Waals surface area contributed by atoms with Crippen molar-refractivity contribution in [3.05, 3.63) is 75.8 Å². The normalized spacial score (nSPS) is 18.3. The van der Waals surface area contributed by atoms with Gasteiger partial charge in [0.15, 0.2) is 0 Å². The first-order chi connectivity index (χ1) is 14.2. The minimum Gasteiger partial charge on any atom is -0.507 e. The highest BCUT2D eigenvalue weighted by molar-refractivity contribution is 6.46. The number of aliphatic hydroxyl groups excluding tert-OH is 1. The lowest BCUT2D eigenvalue weighted by atomic mass is 9.93. The van der Waals surface area contributed by atoms with Crippen LogP contribution in [-0.2, 0) is 14.4 Å². The zero-order valence-corrected chi connectivity index (χ0v) is 17.4. The summed E-state index contributed by atoms with van der Waals surface area (Å²) in [5, 5.41) is 20.4. The average Bonchev–Trinajstić information content (AvgIpc) is 2.97. The van der Waals surface area contributed by atoms with Gasteiger partial charge in [-0.25, -0.2) is 0 Å². The molecule has 1 atom stereocenters. The molecule has 0 saturated carbocycles. The number of carbonyl (C=O) groups is 3. The predicted molar refractivity (Wildman–Crippen MR) is 113 cm³/mol. The second kappa shape index (κ2) is 8.71. The molecule has 3 rings (SSSR count). The highest BCUT2D eigenvalue weighted by Crippen LogP contribution is 2.39. The van der Waals surface area contributed by atoms with Crippen LogP contribution in [0.2, 0.25) is 5.02 Å². The van der Waals surface area contributed by atoms with E-state index in [9.17, 15) is 19.5 Å². The lowest BCUT2D eigenvalue weighted by molar-refractivity contribution is -0.142. The van der Waals surface area contributed by atoms with Crippen LogP contribution in [0.5, 0.6) is 0 Å². The molecule has 30 heavy (non-hydrogen) atoms. The Labute approximate surface area is 179 Å². The van der Waals surface area contributed by atoms with Gasteiger partial charge in [0.05, 0.1) is 18.0 Å². The molecule has 1 saturated heterocycles. The summed E-state index contributed by atoms with van der Waals surface area (Å²) in [6, 6.07) is 12.8. The van der Waals surface area contributed by atoms with Crippen LogP contribution >= 0.6 is 11.6 Å². The van der Waals surface area contributed by atoms with E-state index in [1.54, 1.807) is 36.4 Å². The summed E-state index contributed by atoms with van der Waals surface area (Å²) in [5.74, 6) is -2.77. The van der Waals surface area contributed by atoms with Gasteiger partial charge in [-0.05, 0) is 41.3 Å². The third-order valence-corrected chi connectivity index (χ3v) is 5.40. The smallest absolute Gasteiger partial charge is 0.305 e. The molecular weight excluding hydrogens is 406 g/mol. The summed E-state index contributed by atoms with van der Waals surface area (Å²) in [6.07, 6.45) is -0.311. The number of benzene rings is 2. The maximum Gasteiger partial charge on any atom is 0.305 e. The highest BCUT2D eigenvalue weighted by atomic mass is 35.5. The Bertz CT molecular complexity index is 1010. The largest absolute Gasteiger partial charge is 0.507 e. The molecule has 156 valence electrons. The Morgan fingerprint density at radius 2 is 1.63 bits per heavy atom. The fraction of sp³-hybridized carbons (Fsp3) is 0.261. The molecule has 0 spiro atoms. The van der Waals surface area contributed by atoms with Crippen LogP contribution in [0.1, 0.15) is 48.9 Å². The van der Waals surface area contributed by atoms with Crippen LogP contribution in [0.4, 0.5) is 0 Å². The van der Waals surface area contributed by atoms with Gasteiger partial charge in [-0.2, -0.15) is 0 Å². The van der Waals surface area contributed by atoms with Gasteiger partial charge >= 0.3 is 5.97 Å². The number of halogens is 1. The van der Waals surface area contributed by atoms with Crippen LogP contribution in [-0.4, -0.2) is 39.3 Å². The molecule has 0 aliphatic carbocycles. The fourth-order valence-electron chi connectivity index (χ4n) is 3.50. The van der Waals surface area contributed by atoms with Crippen LogP contribution in [0.25, 0.3) is 5.76 Å². The quantitative estimate of drug-likeness (QED) is 0.405. The van der Waals surface area contributed by atoms with Gasteiger partial charge < -0.3 is 15.1 Å². The fourth-order valence-corrected chi connectivity index (χ4v) is 3.63. The zero-order valence-electron chi connectivity index (χ0n) is 16.6. The first-order valence-electron chi connectivity index (χ1n) is 9.56. The standard InChI is InChI=1S/C23H22ClNO5/c1-13(2)14-3-5-15(6-4-14)20-19(21(28)16-7-9-17(24)10-8-16)22(29)23(30)25(20)12-11-18(26)27/h3-10,13,20,28H,11-12H2,1-2H3,(H,26,27)/b21-19-. The maximum absolute atomic E-state index is 12.8. The number of carbonyl (C=O) groups excluding carboxylic acids is 2. The maximum atomic E-state index is 12.8. The zero-order chi connectivity index (χ0) is 22.0. The molecule has 1 aliphatic rings. The van der Waals surface area contributed by atoms with Crippen LogP contribution < -0.4 is 0 Å². The SMILES string of the molecule is CC(C)c1ccc(C2/C(=C(/O)c3ccc(Cl)cc3)C(=O)C(=O)N2CCC(=O)O)cc1. The molecule has 2 aromatic rings. The van der Waals surface area contributed by atoms with Gasteiger partial charge in [0.2, 0.25) is 0 Å². The van der Waals surface area contributed by atoms with Crippen molar-refractivity contribution in [2.75, 3.05) is 6.54 Å². The van der Waals surface area contributed by atoms with Crippen LogP contribution in [0.15, 0.2) is 54.1 Å². The number of ketones is 1. The topological polar surface area (TPSA) is 94.9 Å². The van der Waals surface area contributed by atoms with Gasteiger partial charge in [-0.3, -0.25) is 14.4 Å². The van der Waals surface area contributed by atoms with Crippen molar-refractivity contribution < 1.29 is 24.6 Å². The Hall–Kier alpha value is -3.12. The number of aliphatic hydroxyl groups is 1. The monoisotopic (exact) mass is 427 g/mol. The first kappa shape index (κ1) is 21.6. The summed E-state index contributed by atoms with van der Waals surface area (Å²) in [4.78, 5) is 37.8. The Kier molecular flexibility index (Phi) is 6.27. The predicted octanol–water partition coefficient (Wildman–Crippen LogP) is 4.36. The second-order valence-electron chi connectivity index (χ2n) is 7.46. The summed E-state index contributed by atoms with van der Waals surface area (Å²) < 4.78 is 0. The van der Waals surface area contributed by atoms with Gasteiger partial charge in [0, 0.05) is 17.1 Å². The van der Waals surface area contributed by atoms with Gasteiger partial charge in [0.1, 0.15) is 5.76 Å². The average molecular weight is 428 g/mol. The third-order valence-electron chi connectivity index (χ3n) is 5.14. The van der Waals surface area contributed by atoms with E-state index in [1.165, 1.54) is 4.90 Å². The van der Waals surface area contributed by atoms with Crippen molar-refractivity contribution in [2.24, 2.45) is 0 Å². The van der Waals surface area contributed by atoms with Gasteiger partial charge in [-0.15, -0.1) is 0 Å². The number of carboxylic acid groups (broad SMARTS) is 1. The van der Waals surface area contributed by atoms with Crippen molar-refractivity contribution >= 4 is 35.0 Å². The van der Waals surface area contributed by atoms with E-state index in [0.29, 0.717) is 22.1 Å². The third kappa shape index (κ3) is 4.24. The Morgan fingerprint density at radius 1 is 1.03 bits per heavy atom. The number of likely N-dealkylation sites (tertiary alicyclic amines) is 1. The van der Waals surface area contributed by atoms with E-state index >= 15 is 0 Å². The summed E-state index contributed by atoms with van der Waals surface area (Å²) in [7, 11) is 0. The second-order valence-corrected chi connectivity index (χ2v) is 7.90. The van der Waals surface area contributed by atoms with Crippen LogP contribution in [0, 0.1) is 0 Å². The lowest BCUT2D eigenvalue weighted by Gasteiger charge is -2.25. The van der Waals surface area contributed by atoms with E-state index in [0.717, 1.165) is 5.56 Å². The molecule has 1 heterocycles. The van der Waals surface area contributed by atoms with E-state index in [-0.39, 0.29) is 24.3 Å². The molecule has 1 aliphatic heterocycles. The number of carboxylic acids is 1. The van der Waals surface area contributed by atoms with E-state index in [1.807, 2.05) is 12.1 Å². The van der Waals surface area contributed by atoms with E-state index in [4.69, 9.17) is 16.7 Å². The number of hydrogen-bond acceptors (Lipinski definition) is 4. The summed E-state index contributed by atoms with van der Waals surface area (Å²) in [6.45, 7) is 3.96. The number of aliphatic carboxylic acids is 1. The highest BCUT2D eigenvalue weighted by Gasteiger charge is 2.46. The van der Waals surface area contributed by atoms with Gasteiger partial charge in [-0.1, -0.05) is 49.7 Å².